The van der Waals surface area contributed by atoms with E-state index in [1.54, 1.807) is 18.5 Å². The van der Waals surface area contributed by atoms with Gasteiger partial charge in [0.2, 0.25) is 6.79 Å². The molecule has 0 saturated carbocycles. The van der Waals surface area contributed by atoms with Crippen LogP contribution in [0, 0.1) is 18.3 Å². The molecule has 168 valence electrons. The molecule has 2 heterocycles. The standard InChI is InChI=1S/C28H21ClN2O3/c1-18-5-2-3-7-23(18)24-11-19(8-9-20(24)14-30)28(21-6-4-10-31-15-21)32-16-22-12-26-27(13-25(22)29)34-17-33-26/h2-13,15,28H,16-17H2,1H3. The van der Waals surface area contributed by atoms with E-state index < -0.39 is 6.10 Å². The van der Waals surface area contributed by atoms with Gasteiger partial charge in [0.15, 0.2) is 11.5 Å². The molecule has 0 N–H and O–H groups in total. The maximum atomic E-state index is 9.75. The van der Waals surface area contributed by atoms with Crippen molar-refractivity contribution >= 4 is 11.6 Å². The van der Waals surface area contributed by atoms with Crippen LogP contribution >= 0.6 is 11.6 Å². The molecule has 0 amide bonds. The van der Waals surface area contributed by atoms with Gasteiger partial charge in [0.25, 0.3) is 0 Å². The fraction of sp³-hybridized carbons (Fsp3) is 0.143. The zero-order valence-electron chi connectivity index (χ0n) is 18.5. The van der Waals surface area contributed by atoms with Crippen molar-refractivity contribution in [3.63, 3.8) is 0 Å². The molecule has 1 atom stereocenters. The Labute approximate surface area is 203 Å². The lowest BCUT2D eigenvalue weighted by Crippen LogP contribution is -2.08. The van der Waals surface area contributed by atoms with Gasteiger partial charge in [-0.15, -0.1) is 0 Å². The third kappa shape index (κ3) is 4.34. The van der Waals surface area contributed by atoms with Gasteiger partial charge in [-0.1, -0.05) is 48.0 Å². The van der Waals surface area contributed by atoms with Gasteiger partial charge in [-0.2, -0.15) is 5.26 Å². The van der Waals surface area contributed by atoms with Gasteiger partial charge in [0.1, 0.15) is 6.10 Å². The molecular formula is C28H21ClN2O3. The Morgan fingerprint density at radius 2 is 1.82 bits per heavy atom. The van der Waals surface area contributed by atoms with Crippen LogP contribution in [-0.2, 0) is 11.3 Å². The fourth-order valence-electron chi connectivity index (χ4n) is 4.08. The van der Waals surface area contributed by atoms with Crippen LogP contribution in [0.2, 0.25) is 5.02 Å². The number of hydrogen-bond acceptors (Lipinski definition) is 5. The van der Waals surface area contributed by atoms with Crippen molar-refractivity contribution in [2.24, 2.45) is 0 Å². The van der Waals surface area contributed by atoms with Crippen LogP contribution in [0.4, 0.5) is 0 Å². The van der Waals surface area contributed by atoms with Gasteiger partial charge in [-0.05, 0) is 47.9 Å². The van der Waals surface area contributed by atoms with E-state index in [4.69, 9.17) is 25.8 Å². The maximum Gasteiger partial charge on any atom is 0.231 e. The molecule has 1 aliphatic heterocycles. The molecule has 0 spiro atoms. The van der Waals surface area contributed by atoms with E-state index in [2.05, 4.69) is 11.1 Å². The van der Waals surface area contributed by atoms with Crippen molar-refractivity contribution in [2.45, 2.75) is 19.6 Å². The summed E-state index contributed by atoms with van der Waals surface area (Å²) in [7, 11) is 0. The van der Waals surface area contributed by atoms with Crippen LogP contribution in [0.15, 0.2) is 79.1 Å². The predicted octanol–water partition coefficient (Wildman–Crippen LogP) is 6.62. The number of fused-ring (bicyclic) bond motifs is 1. The van der Waals surface area contributed by atoms with E-state index >= 15 is 0 Å². The summed E-state index contributed by atoms with van der Waals surface area (Å²) in [6.45, 7) is 2.48. The molecule has 3 aromatic carbocycles. The van der Waals surface area contributed by atoms with Gasteiger partial charge in [0.05, 0.1) is 23.3 Å². The Morgan fingerprint density at radius 3 is 2.59 bits per heavy atom. The second-order valence-corrected chi connectivity index (χ2v) is 8.41. The summed E-state index contributed by atoms with van der Waals surface area (Å²) >= 11 is 6.48. The first-order chi connectivity index (χ1) is 16.6. The third-order valence-electron chi connectivity index (χ3n) is 5.84. The quantitative estimate of drug-likeness (QED) is 0.318. The molecule has 1 aliphatic rings. The second kappa shape index (κ2) is 9.56. The molecule has 34 heavy (non-hydrogen) atoms. The monoisotopic (exact) mass is 468 g/mol. The summed E-state index contributed by atoms with van der Waals surface area (Å²) in [5, 5.41) is 10.3. The van der Waals surface area contributed by atoms with Crippen molar-refractivity contribution in [3.05, 3.63) is 112 Å². The summed E-state index contributed by atoms with van der Waals surface area (Å²) < 4.78 is 17.3. The number of aromatic nitrogens is 1. The highest BCUT2D eigenvalue weighted by Gasteiger charge is 2.21. The molecule has 1 unspecified atom stereocenters. The summed E-state index contributed by atoms with van der Waals surface area (Å²) in [5.41, 5.74) is 6.22. The topological polar surface area (TPSA) is 64.4 Å². The number of benzene rings is 3. The highest BCUT2D eigenvalue weighted by atomic mass is 35.5. The largest absolute Gasteiger partial charge is 0.454 e. The molecular weight excluding hydrogens is 448 g/mol. The number of ether oxygens (including phenoxy) is 3. The molecule has 6 heteroatoms. The van der Waals surface area contributed by atoms with E-state index in [1.807, 2.05) is 67.6 Å². The molecule has 4 aromatic rings. The lowest BCUT2D eigenvalue weighted by Gasteiger charge is -2.21. The van der Waals surface area contributed by atoms with Gasteiger partial charge >= 0.3 is 0 Å². The molecule has 0 fully saturated rings. The SMILES string of the molecule is Cc1ccccc1-c1cc(C(OCc2cc3c(cc2Cl)OCO3)c2cccnc2)ccc1C#N. The number of nitriles is 1. The van der Waals surface area contributed by atoms with Gasteiger partial charge < -0.3 is 14.2 Å². The van der Waals surface area contributed by atoms with Gasteiger partial charge in [-0.3, -0.25) is 4.98 Å². The molecule has 5 nitrogen and oxygen atoms in total. The number of rotatable bonds is 6. The molecule has 0 bridgehead atoms. The Bertz CT molecular complexity index is 1380. The minimum absolute atomic E-state index is 0.182. The zero-order chi connectivity index (χ0) is 23.5. The van der Waals surface area contributed by atoms with Crippen LogP contribution < -0.4 is 9.47 Å². The third-order valence-corrected chi connectivity index (χ3v) is 6.19. The van der Waals surface area contributed by atoms with Crippen LogP contribution in [-0.4, -0.2) is 11.8 Å². The van der Waals surface area contributed by atoms with Crippen molar-refractivity contribution < 1.29 is 14.2 Å². The van der Waals surface area contributed by atoms with E-state index in [-0.39, 0.29) is 13.4 Å². The Morgan fingerprint density at radius 1 is 1.00 bits per heavy atom. The predicted molar refractivity (Wildman–Crippen MR) is 130 cm³/mol. The van der Waals surface area contributed by atoms with E-state index in [0.29, 0.717) is 22.1 Å². The molecule has 0 saturated heterocycles. The van der Waals surface area contributed by atoms with Crippen LogP contribution in [0.25, 0.3) is 11.1 Å². The van der Waals surface area contributed by atoms with E-state index in [0.717, 1.165) is 33.4 Å². The minimum atomic E-state index is -0.411. The average molecular weight is 469 g/mol. The second-order valence-electron chi connectivity index (χ2n) is 8.01. The number of nitrogens with zero attached hydrogens (tertiary/aromatic N) is 2. The first kappa shape index (κ1) is 22.0. The summed E-state index contributed by atoms with van der Waals surface area (Å²) in [6.07, 6.45) is 3.11. The number of halogens is 1. The highest BCUT2D eigenvalue weighted by molar-refractivity contribution is 6.31. The Hall–Kier alpha value is -3.85. The average Bonchev–Trinajstić information content (AvgIpc) is 3.32. The summed E-state index contributed by atoms with van der Waals surface area (Å²) in [5.74, 6) is 1.29. The minimum Gasteiger partial charge on any atom is -0.454 e. The summed E-state index contributed by atoms with van der Waals surface area (Å²) in [6, 6.07) is 23.6. The Kier molecular flexibility index (Phi) is 6.18. The number of aryl methyl sites for hydroxylation is 1. The molecule has 1 aromatic heterocycles. The lowest BCUT2D eigenvalue weighted by molar-refractivity contribution is 0.0665. The first-order valence-electron chi connectivity index (χ1n) is 10.8. The van der Waals surface area contributed by atoms with E-state index in [1.165, 1.54) is 0 Å². The summed E-state index contributed by atoms with van der Waals surface area (Å²) in [4.78, 5) is 4.28. The van der Waals surface area contributed by atoms with Crippen LogP contribution in [0.1, 0.15) is 33.9 Å². The maximum absolute atomic E-state index is 9.75. The molecule has 0 radical (unpaired) electrons. The van der Waals surface area contributed by atoms with Crippen molar-refractivity contribution in [1.29, 1.82) is 5.26 Å². The smallest absolute Gasteiger partial charge is 0.231 e. The fourth-order valence-corrected chi connectivity index (χ4v) is 4.29. The van der Waals surface area contributed by atoms with Crippen molar-refractivity contribution in [1.82, 2.24) is 4.98 Å². The molecule has 0 aliphatic carbocycles. The Balaban J connectivity index is 1.53. The highest BCUT2D eigenvalue weighted by Crippen LogP contribution is 2.38. The number of hydrogen-bond donors (Lipinski definition) is 0. The van der Waals surface area contributed by atoms with Crippen LogP contribution in [0.3, 0.4) is 0 Å². The van der Waals surface area contributed by atoms with Gasteiger partial charge in [0, 0.05) is 35.2 Å². The first-order valence-corrected chi connectivity index (χ1v) is 11.2. The van der Waals surface area contributed by atoms with Crippen molar-refractivity contribution in [2.75, 3.05) is 6.79 Å². The lowest BCUT2D eigenvalue weighted by atomic mass is 9.92. The normalized spacial score (nSPS) is 12.9. The van der Waals surface area contributed by atoms with Gasteiger partial charge in [-0.25, -0.2) is 0 Å². The van der Waals surface area contributed by atoms with E-state index in [9.17, 15) is 5.26 Å². The van der Waals surface area contributed by atoms with Crippen molar-refractivity contribution in [3.8, 4) is 28.7 Å². The number of pyridine rings is 1. The molecule has 5 rings (SSSR count). The van der Waals surface area contributed by atoms with Crippen LogP contribution in [0.5, 0.6) is 11.5 Å². The zero-order valence-corrected chi connectivity index (χ0v) is 19.3.